The van der Waals surface area contributed by atoms with Gasteiger partial charge in [0.1, 0.15) is 0 Å². The number of hydrogen-bond donors (Lipinski definition) is 4. The van der Waals surface area contributed by atoms with Crippen molar-refractivity contribution in [1.82, 2.24) is 0 Å². The zero-order valence-electron chi connectivity index (χ0n) is 17.2. The topological polar surface area (TPSA) is 149 Å². The van der Waals surface area contributed by atoms with E-state index in [1.165, 1.54) is 6.08 Å². The minimum atomic E-state index is -0.705. The summed E-state index contributed by atoms with van der Waals surface area (Å²) in [6.07, 6.45) is 2.55. The van der Waals surface area contributed by atoms with Crippen LogP contribution in [0, 0.1) is 0 Å². The Balaban J connectivity index is 1.82. The lowest BCUT2D eigenvalue weighted by molar-refractivity contribution is -0.117. The van der Waals surface area contributed by atoms with Gasteiger partial charge in [0.15, 0.2) is 5.96 Å². The maximum absolute atomic E-state index is 12.5. The molecule has 8 nitrogen and oxygen atoms in total. The molecular weight excluding hydrogens is 439 g/mol. The van der Waals surface area contributed by atoms with Crippen molar-refractivity contribution in [3.8, 4) is 0 Å². The van der Waals surface area contributed by atoms with Crippen molar-refractivity contribution in [2.24, 2.45) is 27.2 Å². The van der Waals surface area contributed by atoms with Crippen molar-refractivity contribution >= 4 is 57.9 Å². The van der Waals surface area contributed by atoms with Gasteiger partial charge < -0.3 is 22.5 Å². The number of halogens is 2. The van der Waals surface area contributed by atoms with E-state index in [4.69, 9.17) is 40.4 Å². The molecule has 7 N–H and O–H groups in total. The predicted octanol–water partition coefficient (Wildman–Crippen LogP) is 2.57. The number of nitrogens with two attached hydrogens (primary N) is 3. The molecule has 1 amide bonds. The molecule has 164 valence electrons. The fraction of sp³-hybridized carbons (Fsp3) is 0.333. The van der Waals surface area contributed by atoms with E-state index >= 15 is 0 Å². The largest absolute Gasteiger partial charge is 0.370 e. The molecule has 1 aliphatic carbocycles. The molecule has 1 aromatic carbocycles. The van der Waals surface area contributed by atoms with Gasteiger partial charge in [0, 0.05) is 23.2 Å². The Hall–Kier alpha value is -2.68. The van der Waals surface area contributed by atoms with Crippen LogP contribution in [0.4, 0.5) is 11.4 Å². The highest BCUT2D eigenvalue weighted by atomic mass is 35.5. The third kappa shape index (κ3) is 4.66. The van der Waals surface area contributed by atoms with Gasteiger partial charge in [-0.15, -0.1) is 0 Å². The Morgan fingerprint density at radius 3 is 2.68 bits per heavy atom. The highest BCUT2D eigenvalue weighted by Gasteiger charge is 2.40. The van der Waals surface area contributed by atoms with Gasteiger partial charge in [0.25, 0.3) is 0 Å². The normalized spacial score (nSPS) is 17.8. The number of rotatable bonds is 6. The summed E-state index contributed by atoms with van der Waals surface area (Å²) >= 11 is 12.4. The van der Waals surface area contributed by atoms with E-state index in [0.29, 0.717) is 42.0 Å². The Bertz CT molecular complexity index is 1070. The van der Waals surface area contributed by atoms with Crippen molar-refractivity contribution in [3.05, 3.63) is 45.5 Å². The minimum absolute atomic E-state index is 0.00755. The lowest BCUT2D eigenvalue weighted by Gasteiger charge is -2.36. The first-order valence-corrected chi connectivity index (χ1v) is 10.5. The molecule has 10 heteroatoms. The van der Waals surface area contributed by atoms with E-state index in [1.54, 1.807) is 12.1 Å². The van der Waals surface area contributed by atoms with Crippen LogP contribution in [0.15, 0.2) is 49.9 Å². The first-order valence-electron chi connectivity index (χ1n) is 9.70. The Morgan fingerprint density at radius 1 is 1.29 bits per heavy atom. The second-order valence-electron chi connectivity index (χ2n) is 7.91. The van der Waals surface area contributed by atoms with Gasteiger partial charge in [-0.25, -0.2) is 4.99 Å². The SMILES string of the molecule is CC1(C)C2=C(Cl)C(=O)C(Cl)=CC2=Nc2ccc(NC(=O)[C@@H](N)CCCN=C(N)N)cc21. The van der Waals surface area contributed by atoms with Crippen LogP contribution in [0.2, 0.25) is 0 Å². The fourth-order valence-electron chi connectivity index (χ4n) is 3.63. The van der Waals surface area contributed by atoms with Crippen LogP contribution >= 0.6 is 23.2 Å². The highest BCUT2D eigenvalue weighted by Crippen LogP contribution is 2.47. The van der Waals surface area contributed by atoms with E-state index in [-0.39, 0.29) is 21.9 Å². The summed E-state index contributed by atoms with van der Waals surface area (Å²) in [7, 11) is 0. The van der Waals surface area contributed by atoms with Crippen LogP contribution < -0.4 is 22.5 Å². The van der Waals surface area contributed by atoms with E-state index in [2.05, 4.69) is 15.3 Å². The molecule has 31 heavy (non-hydrogen) atoms. The van der Waals surface area contributed by atoms with Gasteiger partial charge in [-0.05, 0) is 42.7 Å². The van der Waals surface area contributed by atoms with Gasteiger partial charge in [-0.1, -0.05) is 37.0 Å². The number of amides is 1. The van der Waals surface area contributed by atoms with Crippen molar-refractivity contribution in [2.75, 3.05) is 11.9 Å². The Kier molecular flexibility index (Phi) is 6.54. The third-order valence-corrected chi connectivity index (χ3v) is 5.90. The number of anilines is 1. The van der Waals surface area contributed by atoms with Crippen LogP contribution in [0.5, 0.6) is 0 Å². The first-order chi connectivity index (χ1) is 14.5. The van der Waals surface area contributed by atoms with Crippen LogP contribution in [-0.2, 0) is 15.0 Å². The van der Waals surface area contributed by atoms with E-state index < -0.39 is 17.2 Å². The van der Waals surface area contributed by atoms with Crippen molar-refractivity contribution < 1.29 is 9.59 Å². The van der Waals surface area contributed by atoms with Gasteiger partial charge in [-0.3, -0.25) is 14.6 Å². The number of allylic oxidation sites excluding steroid dienone is 4. The number of fused-ring (bicyclic) bond motifs is 2. The molecule has 1 aromatic rings. The summed E-state index contributed by atoms with van der Waals surface area (Å²) < 4.78 is 0. The van der Waals surface area contributed by atoms with Crippen molar-refractivity contribution in [3.63, 3.8) is 0 Å². The second kappa shape index (κ2) is 8.82. The molecule has 0 fully saturated rings. The van der Waals surface area contributed by atoms with Crippen molar-refractivity contribution in [2.45, 2.75) is 38.1 Å². The van der Waals surface area contributed by atoms with Crippen LogP contribution in [-0.4, -0.2) is 35.9 Å². The maximum atomic E-state index is 12.5. The number of benzene rings is 1. The number of Topliss-reactive ketones (excluding diaryl/α,β-unsaturated/α-hetero) is 1. The lowest BCUT2D eigenvalue weighted by atomic mass is 9.71. The number of guanidine groups is 1. The summed E-state index contributed by atoms with van der Waals surface area (Å²) in [5.41, 5.74) is 19.2. The zero-order valence-corrected chi connectivity index (χ0v) is 18.7. The van der Waals surface area contributed by atoms with Crippen LogP contribution in [0.3, 0.4) is 0 Å². The minimum Gasteiger partial charge on any atom is -0.370 e. The smallest absolute Gasteiger partial charge is 0.241 e. The van der Waals surface area contributed by atoms with Crippen LogP contribution in [0.1, 0.15) is 32.3 Å². The number of nitrogens with zero attached hydrogens (tertiary/aromatic N) is 2. The maximum Gasteiger partial charge on any atom is 0.241 e. The third-order valence-electron chi connectivity index (χ3n) is 5.26. The van der Waals surface area contributed by atoms with Gasteiger partial charge in [-0.2, -0.15) is 0 Å². The second-order valence-corrected chi connectivity index (χ2v) is 8.69. The first kappa shape index (κ1) is 23.0. The predicted molar refractivity (Wildman–Crippen MR) is 125 cm³/mol. The van der Waals surface area contributed by atoms with Gasteiger partial charge >= 0.3 is 0 Å². The molecule has 2 aliphatic rings. The quantitative estimate of drug-likeness (QED) is 0.221. The van der Waals surface area contributed by atoms with Crippen LogP contribution in [0.25, 0.3) is 0 Å². The number of nitrogens with one attached hydrogen (secondary N) is 1. The van der Waals surface area contributed by atoms with Gasteiger partial charge in [0.05, 0.1) is 27.5 Å². The van der Waals surface area contributed by atoms with E-state index in [0.717, 1.165) is 5.56 Å². The molecule has 0 saturated heterocycles. The summed E-state index contributed by atoms with van der Waals surface area (Å²) in [5.74, 6) is -0.736. The summed E-state index contributed by atoms with van der Waals surface area (Å²) in [5, 5.41) is 2.92. The molecule has 0 aromatic heterocycles. The average Bonchev–Trinajstić information content (AvgIpc) is 2.69. The standard InChI is InChI=1S/C21H24Cl2N6O2/c1-21(2)11-8-10(28-19(31)13(24)4-3-7-27-20(25)26)5-6-14(11)29-15-9-12(22)18(30)17(23)16(15)21/h5-6,8-9,13H,3-4,7,24H2,1-2H3,(H,28,31)(H4,25,26,27)/t13-/m0/s1. The molecule has 0 unspecified atom stereocenters. The number of ketones is 1. The van der Waals surface area contributed by atoms with E-state index in [1.807, 2.05) is 19.9 Å². The average molecular weight is 463 g/mol. The number of carbonyl (C=O) groups is 2. The Morgan fingerprint density at radius 2 is 2.00 bits per heavy atom. The molecule has 0 radical (unpaired) electrons. The van der Waals surface area contributed by atoms with Gasteiger partial charge in [0.2, 0.25) is 11.7 Å². The molecule has 1 heterocycles. The summed E-state index contributed by atoms with van der Waals surface area (Å²) in [6.45, 7) is 4.29. The number of carbonyl (C=O) groups excluding carboxylic acids is 2. The Labute approximate surface area is 190 Å². The molecule has 1 atom stereocenters. The molecule has 0 saturated carbocycles. The fourth-order valence-corrected chi connectivity index (χ4v) is 4.31. The van der Waals surface area contributed by atoms with E-state index in [9.17, 15) is 9.59 Å². The molecule has 0 bridgehead atoms. The molecule has 1 aliphatic heterocycles. The molecule has 0 spiro atoms. The molecule has 3 rings (SSSR count). The monoisotopic (exact) mass is 462 g/mol. The zero-order chi connectivity index (χ0) is 22.9. The number of hydrogen-bond acceptors (Lipinski definition) is 5. The summed E-state index contributed by atoms with van der Waals surface area (Å²) in [6, 6.07) is 4.66. The lowest BCUT2D eigenvalue weighted by Crippen LogP contribution is -2.36. The van der Waals surface area contributed by atoms with Crippen molar-refractivity contribution in [1.29, 1.82) is 0 Å². The summed E-state index contributed by atoms with van der Waals surface area (Å²) in [4.78, 5) is 33.2. The highest BCUT2D eigenvalue weighted by molar-refractivity contribution is 6.58. The number of aliphatic imine (C=N–C) groups is 2. The molecular formula is C21H24Cl2N6O2.